The molecule has 1 aromatic rings. The van der Waals surface area contributed by atoms with Gasteiger partial charge in [0, 0.05) is 19.0 Å². The van der Waals surface area contributed by atoms with E-state index in [9.17, 15) is 9.59 Å². The number of carbonyl (C=O) groups is 2. The zero-order valence-electron chi connectivity index (χ0n) is 9.16. The third-order valence-corrected chi connectivity index (χ3v) is 4.08. The van der Waals surface area contributed by atoms with Crippen LogP contribution in [0.4, 0.5) is 0 Å². The number of hydrogen-bond donors (Lipinski definition) is 2. The van der Waals surface area contributed by atoms with Gasteiger partial charge in [-0.3, -0.25) is 9.59 Å². The molecule has 4 nitrogen and oxygen atoms in total. The molecule has 0 bridgehead atoms. The minimum atomic E-state index is -0.0960. The van der Waals surface area contributed by atoms with E-state index in [0.29, 0.717) is 18.0 Å². The highest BCUT2D eigenvalue weighted by atomic mass is 79.9. The second kappa shape index (κ2) is 5.64. The Labute approximate surface area is 112 Å². The molecule has 1 aromatic heterocycles. The quantitative estimate of drug-likeness (QED) is 0.813. The van der Waals surface area contributed by atoms with Gasteiger partial charge in [-0.25, -0.2) is 0 Å². The maximum absolute atomic E-state index is 11.6. The third-order valence-electron chi connectivity index (χ3n) is 2.45. The summed E-state index contributed by atoms with van der Waals surface area (Å²) in [6.07, 6.45) is 2.00. The molecule has 1 fully saturated rings. The average Bonchev–Trinajstić information content (AvgIpc) is 3.07. The van der Waals surface area contributed by atoms with Crippen LogP contribution in [0.3, 0.4) is 0 Å². The van der Waals surface area contributed by atoms with Gasteiger partial charge in [0.25, 0.3) is 5.91 Å². The van der Waals surface area contributed by atoms with Gasteiger partial charge >= 0.3 is 0 Å². The molecule has 2 amide bonds. The van der Waals surface area contributed by atoms with E-state index in [-0.39, 0.29) is 17.7 Å². The molecule has 0 aromatic carbocycles. The number of amides is 2. The Hall–Kier alpha value is -0.880. The van der Waals surface area contributed by atoms with Crippen LogP contribution in [0.5, 0.6) is 0 Å². The fraction of sp³-hybridized carbons (Fsp3) is 0.455. The average molecular weight is 317 g/mol. The molecular weight excluding hydrogens is 304 g/mol. The van der Waals surface area contributed by atoms with Crippen LogP contribution in [0.1, 0.15) is 22.5 Å². The van der Waals surface area contributed by atoms with E-state index in [0.717, 1.165) is 16.6 Å². The number of rotatable bonds is 5. The number of carbonyl (C=O) groups excluding carboxylic acids is 2. The van der Waals surface area contributed by atoms with Crippen molar-refractivity contribution in [1.82, 2.24) is 10.6 Å². The summed E-state index contributed by atoms with van der Waals surface area (Å²) < 4.78 is 0.935. The third kappa shape index (κ3) is 3.81. The fourth-order valence-corrected chi connectivity index (χ4v) is 2.68. The summed E-state index contributed by atoms with van der Waals surface area (Å²) in [5.41, 5.74) is 0. The van der Waals surface area contributed by atoms with Crippen molar-refractivity contribution in [2.75, 3.05) is 13.1 Å². The van der Waals surface area contributed by atoms with Gasteiger partial charge < -0.3 is 10.6 Å². The molecule has 1 heterocycles. The van der Waals surface area contributed by atoms with Crippen molar-refractivity contribution in [3.8, 4) is 0 Å². The minimum Gasteiger partial charge on any atom is -0.354 e. The second-order valence-corrected chi connectivity index (χ2v) is 6.39. The van der Waals surface area contributed by atoms with Crippen molar-refractivity contribution >= 4 is 39.1 Å². The molecule has 1 aliphatic rings. The predicted octanol–water partition coefficient (Wildman–Crippen LogP) is 1.77. The number of nitrogens with one attached hydrogen (secondary N) is 2. The number of hydrogen-bond acceptors (Lipinski definition) is 3. The first-order valence-electron chi connectivity index (χ1n) is 5.48. The Morgan fingerprint density at radius 1 is 1.29 bits per heavy atom. The zero-order valence-corrected chi connectivity index (χ0v) is 11.6. The van der Waals surface area contributed by atoms with Gasteiger partial charge in [-0.2, -0.15) is 0 Å². The molecule has 0 unspecified atom stereocenters. The van der Waals surface area contributed by atoms with E-state index in [1.807, 2.05) is 6.07 Å². The molecule has 0 spiro atoms. The number of halogens is 1. The van der Waals surface area contributed by atoms with E-state index in [2.05, 4.69) is 26.6 Å². The van der Waals surface area contributed by atoms with Crippen LogP contribution in [-0.2, 0) is 4.79 Å². The lowest BCUT2D eigenvalue weighted by Crippen LogP contribution is -2.35. The van der Waals surface area contributed by atoms with Gasteiger partial charge in [-0.1, -0.05) is 0 Å². The molecule has 2 N–H and O–H groups in total. The van der Waals surface area contributed by atoms with E-state index in [1.54, 1.807) is 6.07 Å². The van der Waals surface area contributed by atoms with Gasteiger partial charge in [0.2, 0.25) is 5.91 Å². The topological polar surface area (TPSA) is 58.2 Å². The predicted molar refractivity (Wildman–Crippen MR) is 70.1 cm³/mol. The van der Waals surface area contributed by atoms with Crippen molar-refractivity contribution in [3.63, 3.8) is 0 Å². The van der Waals surface area contributed by atoms with Gasteiger partial charge in [-0.15, -0.1) is 11.3 Å². The Kier molecular flexibility index (Phi) is 4.17. The van der Waals surface area contributed by atoms with Gasteiger partial charge in [0.15, 0.2) is 0 Å². The summed E-state index contributed by atoms with van der Waals surface area (Å²) in [4.78, 5) is 23.6. The van der Waals surface area contributed by atoms with Crippen LogP contribution < -0.4 is 10.6 Å². The minimum absolute atomic E-state index is 0.0960. The highest BCUT2D eigenvalue weighted by Crippen LogP contribution is 2.28. The summed E-state index contributed by atoms with van der Waals surface area (Å²) in [5, 5.41) is 5.56. The van der Waals surface area contributed by atoms with Crippen LogP contribution >= 0.6 is 27.3 Å². The summed E-state index contributed by atoms with van der Waals surface area (Å²) in [6.45, 7) is 0.959. The first-order valence-corrected chi connectivity index (χ1v) is 7.09. The number of thiophene rings is 1. The van der Waals surface area contributed by atoms with E-state index >= 15 is 0 Å². The van der Waals surface area contributed by atoms with Crippen molar-refractivity contribution in [2.24, 2.45) is 5.92 Å². The smallest absolute Gasteiger partial charge is 0.261 e. The molecule has 1 aliphatic carbocycles. The molecule has 0 radical (unpaired) electrons. The van der Waals surface area contributed by atoms with Crippen LogP contribution in [0.25, 0.3) is 0 Å². The molecule has 2 rings (SSSR count). The monoisotopic (exact) mass is 316 g/mol. The molecule has 0 atom stereocenters. The van der Waals surface area contributed by atoms with E-state index in [1.165, 1.54) is 11.3 Å². The van der Waals surface area contributed by atoms with E-state index in [4.69, 9.17) is 0 Å². The highest BCUT2D eigenvalue weighted by molar-refractivity contribution is 9.11. The second-order valence-electron chi connectivity index (χ2n) is 3.92. The van der Waals surface area contributed by atoms with Crippen molar-refractivity contribution in [1.29, 1.82) is 0 Å². The van der Waals surface area contributed by atoms with Crippen molar-refractivity contribution in [2.45, 2.75) is 12.8 Å². The SMILES string of the molecule is O=C(NCCNC(=O)C1CC1)c1ccc(Br)s1. The molecule has 17 heavy (non-hydrogen) atoms. The lowest BCUT2D eigenvalue weighted by molar-refractivity contribution is -0.122. The Bertz CT molecular complexity index is 429. The normalized spacial score (nSPS) is 14.4. The van der Waals surface area contributed by atoms with Crippen LogP contribution in [0, 0.1) is 5.92 Å². The van der Waals surface area contributed by atoms with Crippen LogP contribution in [0.15, 0.2) is 15.9 Å². The summed E-state index contributed by atoms with van der Waals surface area (Å²) in [5.74, 6) is 0.235. The lowest BCUT2D eigenvalue weighted by atomic mass is 10.4. The molecule has 0 aliphatic heterocycles. The standard InChI is InChI=1S/C11H13BrN2O2S/c12-9-4-3-8(17-9)11(16)14-6-5-13-10(15)7-1-2-7/h3-4,7H,1-2,5-6H2,(H,13,15)(H,14,16). The first kappa shape index (κ1) is 12.6. The maximum Gasteiger partial charge on any atom is 0.261 e. The van der Waals surface area contributed by atoms with E-state index < -0.39 is 0 Å². The summed E-state index contributed by atoms with van der Waals surface area (Å²) in [6, 6.07) is 3.61. The summed E-state index contributed by atoms with van der Waals surface area (Å²) in [7, 11) is 0. The van der Waals surface area contributed by atoms with Gasteiger partial charge in [0.1, 0.15) is 0 Å². The summed E-state index contributed by atoms with van der Waals surface area (Å²) >= 11 is 4.70. The molecule has 92 valence electrons. The molecule has 6 heteroatoms. The van der Waals surface area contributed by atoms with Crippen molar-refractivity contribution < 1.29 is 9.59 Å². The first-order chi connectivity index (χ1) is 8.16. The van der Waals surface area contributed by atoms with Crippen molar-refractivity contribution in [3.05, 3.63) is 20.8 Å². The highest BCUT2D eigenvalue weighted by Gasteiger charge is 2.28. The molecule has 0 saturated heterocycles. The van der Waals surface area contributed by atoms with Gasteiger partial charge in [0.05, 0.1) is 8.66 Å². The zero-order chi connectivity index (χ0) is 12.3. The molecule has 1 saturated carbocycles. The molecular formula is C11H13BrN2O2S. The maximum atomic E-state index is 11.6. The lowest BCUT2D eigenvalue weighted by Gasteiger charge is -2.05. The Balaban J connectivity index is 1.64. The Morgan fingerprint density at radius 3 is 2.59 bits per heavy atom. The van der Waals surface area contributed by atoms with Crippen LogP contribution in [-0.4, -0.2) is 24.9 Å². The van der Waals surface area contributed by atoms with Crippen LogP contribution in [0.2, 0.25) is 0 Å². The fourth-order valence-electron chi connectivity index (χ4n) is 1.38. The van der Waals surface area contributed by atoms with Gasteiger partial charge in [-0.05, 0) is 40.9 Å². The Morgan fingerprint density at radius 2 is 2.00 bits per heavy atom. The largest absolute Gasteiger partial charge is 0.354 e.